The van der Waals surface area contributed by atoms with Gasteiger partial charge in [0.1, 0.15) is 6.04 Å². The Morgan fingerprint density at radius 2 is 1.69 bits per heavy atom. The fraction of sp³-hybridized carbons (Fsp3) is 0.679. The zero-order valence-corrected chi connectivity index (χ0v) is 21.6. The van der Waals surface area contributed by atoms with E-state index >= 15 is 0 Å². The number of nitrogens with zero attached hydrogens (tertiary/aromatic N) is 1. The highest BCUT2D eigenvalue weighted by Crippen LogP contribution is 2.31. The lowest BCUT2D eigenvalue weighted by molar-refractivity contribution is -0.131. The number of nitrogens with one attached hydrogen (secondary N) is 3. The predicted molar refractivity (Wildman–Crippen MR) is 138 cm³/mol. The van der Waals surface area contributed by atoms with E-state index in [9.17, 15) is 14.4 Å². The first kappa shape index (κ1) is 25.7. The summed E-state index contributed by atoms with van der Waals surface area (Å²) >= 11 is 0. The lowest BCUT2D eigenvalue weighted by Gasteiger charge is -2.40. The van der Waals surface area contributed by atoms with E-state index in [1.807, 2.05) is 12.1 Å². The molecule has 3 fully saturated rings. The number of carbonyl (C=O) groups excluding carboxylic acids is 3. The molecule has 2 aliphatic heterocycles. The number of hydrogen-bond acceptors (Lipinski definition) is 4. The van der Waals surface area contributed by atoms with Gasteiger partial charge in [0.05, 0.1) is 6.04 Å². The third-order valence-corrected chi connectivity index (χ3v) is 7.84. The Morgan fingerprint density at radius 3 is 2.29 bits per heavy atom. The number of rotatable bonds is 6. The molecule has 0 spiro atoms. The third-order valence-electron chi connectivity index (χ3n) is 7.84. The molecule has 4 rings (SSSR count). The van der Waals surface area contributed by atoms with Crippen molar-refractivity contribution < 1.29 is 14.4 Å². The molecule has 0 bridgehead atoms. The van der Waals surface area contributed by atoms with Crippen molar-refractivity contribution in [2.45, 2.75) is 102 Å². The van der Waals surface area contributed by atoms with Crippen LogP contribution in [0, 0.1) is 5.92 Å². The minimum atomic E-state index is -0.710. The summed E-state index contributed by atoms with van der Waals surface area (Å²) < 4.78 is 0. The Labute approximate surface area is 209 Å². The van der Waals surface area contributed by atoms with E-state index in [2.05, 4.69) is 48.9 Å². The molecule has 3 atom stereocenters. The van der Waals surface area contributed by atoms with Crippen LogP contribution in [0.15, 0.2) is 24.3 Å². The first-order valence-corrected chi connectivity index (χ1v) is 13.5. The van der Waals surface area contributed by atoms with Gasteiger partial charge in [0.2, 0.25) is 17.7 Å². The highest BCUT2D eigenvalue weighted by Gasteiger charge is 2.42. The monoisotopic (exact) mass is 482 g/mol. The van der Waals surface area contributed by atoms with Crippen molar-refractivity contribution in [1.82, 2.24) is 16.0 Å². The average molecular weight is 483 g/mol. The maximum atomic E-state index is 14.0. The van der Waals surface area contributed by atoms with Crippen LogP contribution in [0.2, 0.25) is 0 Å². The van der Waals surface area contributed by atoms with Gasteiger partial charge in [-0.3, -0.25) is 19.3 Å². The molecule has 2 heterocycles. The Kier molecular flexibility index (Phi) is 8.15. The van der Waals surface area contributed by atoms with Gasteiger partial charge in [0.15, 0.2) is 0 Å². The Bertz CT molecular complexity index is 896. The molecule has 35 heavy (non-hydrogen) atoms. The van der Waals surface area contributed by atoms with Gasteiger partial charge in [0, 0.05) is 24.7 Å². The smallest absolute Gasteiger partial charge is 0.244 e. The molecule has 0 radical (unpaired) electrons. The molecule has 192 valence electrons. The lowest BCUT2D eigenvalue weighted by Crippen LogP contribution is -2.60. The van der Waals surface area contributed by atoms with Crippen LogP contribution in [-0.4, -0.2) is 48.9 Å². The molecule has 3 aliphatic rings. The number of piperidine rings is 1. The number of carbonyl (C=O) groups is 3. The van der Waals surface area contributed by atoms with Gasteiger partial charge in [-0.1, -0.05) is 52.2 Å². The number of hydrogen-bond donors (Lipinski definition) is 3. The van der Waals surface area contributed by atoms with Crippen LogP contribution in [0.1, 0.15) is 84.1 Å². The molecule has 1 aliphatic carbocycles. The predicted octanol–water partition coefficient (Wildman–Crippen LogP) is 3.41. The summed E-state index contributed by atoms with van der Waals surface area (Å²) in [6.07, 6.45) is 8.02. The van der Waals surface area contributed by atoms with Gasteiger partial charge < -0.3 is 16.0 Å². The van der Waals surface area contributed by atoms with Gasteiger partial charge in [-0.15, -0.1) is 0 Å². The quantitative estimate of drug-likeness (QED) is 0.580. The van der Waals surface area contributed by atoms with Crippen molar-refractivity contribution in [3.63, 3.8) is 0 Å². The Hall–Kier alpha value is -2.41. The van der Waals surface area contributed by atoms with Crippen molar-refractivity contribution in [3.8, 4) is 0 Å². The first-order chi connectivity index (χ1) is 16.7. The van der Waals surface area contributed by atoms with Crippen LogP contribution in [0.3, 0.4) is 0 Å². The average Bonchev–Trinajstić information content (AvgIpc) is 3.37. The van der Waals surface area contributed by atoms with Gasteiger partial charge >= 0.3 is 0 Å². The minimum absolute atomic E-state index is 0.0143. The van der Waals surface area contributed by atoms with Crippen molar-refractivity contribution >= 4 is 23.4 Å². The summed E-state index contributed by atoms with van der Waals surface area (Å²) in [5.74, 6) is -0.463. The maximum absolute atomic E-state index is 14.0. The van der Waals surface area contributed by atoms with Crippen LogP contribution >= 0.6 is 0 Å². The van der Waals surface area contributed by atoms with Crippen LogP contribution in [-0.2, 0) is 19.8 Å². The van der Waals surface area contributed by atoms with E-state index in [-0.39, 0.29) is 47.6 Å². The maximum Gasteiger partial charge on any atom is 0.244 e. The van der Waals surface area contributed by atoms with E-state index in [0.717, 1.165) is 50.8 Å². The van der Waals surface area contributed by atoms with Crippen LogP contribution in [0.4, 0.5) is 5.69 Å². The van der Waals surface area contributed by atoms with Gasteiger partial charge in [-0.25, -0.2) is 0 Å². The highest BCUT2D eigenvalue weighted by atomic mass is 16.2. The third kappa shape index (κ3) is 6.24. The summed E-state index contributed by atoms with van der Waals surface area (Å²) in [5.41, 5.74) is 1.89. The molecular weight excluding hydrogens is 440 g/mol. The molecule has 7 heteroatoms. The second-order valence-electron chi connectivity index (χ2n) is 11.5. The Morgan fingerprint density at radius 1 is 0.971 bits per heavy atom. The normalized spacial score (nSPS) is 24.5. The molecule has 3 N–H and O–H groups in total. The SMILES string of the molecule is CC(C)(C)c1ccc(N(C(=O)[C@H]2CCCN2)C(C(=O)NC2CCCCC2)C2CCNC(=O)C2)cc1. The van der Waals surface area contributed by atoms with Crippen molar-refractivity contribution in [2.24, 2.45) is 5.92 Å². The summed E-state index contributed by atoms with van der Waals surface area (Å²) in [6.45, 7) is 7.82. The number of amides is 3. The van der Waals surface area contributed by atoms with Gasteiger partial charge in [-0.05, 0) is 67.7 Å². The minimum Gasteiger partial charge on any atom is -0.356 e. The topological polar surface area (TPSA) is 90.5 Å². The van der Waals surface area contributed by atoms with Crippen LogP contribution in [0.25, 0.3) is 0 Å². The summed E-state index contributed by atoms with van der Waals surface area (Å²) in [5, 5.41) is 9.49. The van der Waals surface area contributed by atoms with E-state index in [4.69, 9.17) is 0 Å². The zero-order chi connectivity index (χ0) is 25.0. The van der Waals surface area contributed by atoms with E-state index in [1.54, 1.807) is 4.90 Å². The molecule has 3 amide bonds. The number of benzene rings is 1. The summed E-state index contributed by atoms with van der Waals surface area (Å²) in [6, 6.07) is 7.18. The largest absolute Gasteiger partial charge is 0.356 e. The molecule has 0 aromatic heterocycles. The molecule has 7 nitrogen and oxygen atoms in total. The second-order valence-corrected chi connectivity index (χ2v) is 11.5. The first-order valence-electron chi connectivity index (χ1n) is 13.5. The van der Waals surface area contributed by atoms with Crippen molar-refractivity contribution in [1.29, 1.82) is 0 Å². The summed E-state index contributed by atoms with van der Waals surface area (Å²) in [7, 11) is 0. The molecular formula is C28H42N4O3. The fourth-order valence-corrected chi connectivity index (χ4v) is 5.76. The molecule has 1 aromatic carbocycles. The fourth-order valence-electron chi connectivity index (χ4n) is 5.76. The molecule has 2 saturated heterocycles. The lowest BCUT2D eigenvalue weighted by atomic mass is 9.85. The molecule has 1 saturated carbocycles. The second kappa shape index (κ2) is 11.1. The number of anilines is 1. The molecule has 2 unspecified atom stereocenters. The zero-order valence-electron chi connectivity index (χ0n) is 21.6. The van der Waals surface area contributed by atoms with Gasteiger partial charge in [-0.2, -0.15) is 0 Å². The van der Waals surface area contributed by atoms with E-state index in [1.165, 1.54) is 12.0 Å². The summed E-state index contributed by atoms with van der Waals surface area (Å²) in [4.78, 5) is 42.0. The molecule has 1 aromatic rings. The van der Waals surface area contributed by atoms with E-state index in [0.29, 0.717) is 13.0 Å². The van der Waals surface area contributed by atoms with Crippen LogP contribution in [0.5, 0.6) is 0 Å². The highest BCUT2D eigenvalue weighted by molar-refractivity contribution is 6.04. The van der Waals surface area contributed by atoms with Gasteiger partial charge in [0.25, 0.3) is 0 Å². The Balaban J connectivity index is 1.71. The van der Waals surface area contributed by atoms with E-state index < -0.39 is 6.04 Å². The van der Waals surface area contributed by atoms with Crippen LogP contribution < -0.4 is 20.9 Å². The van der Waals surface area contributed by atoms with Crippen molar-refractivity contribution in [2.75, 3.05) is 18.0 Å². The van der Waals surface area contributed by atoms with Crippen molar-refractivity contribution in [3.05, 3.63) is 29.8 Å². The standard InChI is InChI=1S/C28H42N4O3/c1-28(2,3)20-11-13-22(14-12-20)32(27(35)23-10-7-16-29-23)25(19-15-17-30-24(33)18-19)26(34)31-21-8-5-4-6-9-21/h11-14,19,21,23,25,29H,4-10,15-18H2,1-3H3,(H,30,33)(H,31,34)/t19?,23-,25?/m1/s1.